The van der Waals surface area contributed by atoms with Crippen LogP contribution in [0.2, 0.25) is 5.02 Å². The second kappa shape index (κ2) is 6.21. The standard InChI is InChI=1S/C21H23ClN2O4/c22-12-1-2-16-14(9-12)15(25)10-21(28-16)6-3-13-17(18(13)21)20(27)24-7-4-11(5-8-24)19(23)26/h1-2,9,11,13,17-18H,3-8,10H2,(H2,23,26)/t13-,17-,18-,21-/m1/s1. The number of benzene rings is 1. The molecular formula is C21H23ClN2O4. The van der Waals surface area contributed by atoms with E-state index in [1.165, 1.54) is 0 Å². The smallest absolute Gasteiger partial charge is 0.226 e. The number of fused-ring (bicyclic) bond motifs is 3. The number of ketones is 1. The average molecular weight is 403 g/mol. The van der Waals surface area contributed by atoms with Gasteiger partial charge in [-0.3, -0.25) is 14.4 Å². The highest BCUT2D eigenvalue weighted by atomic mass is 35.5. The van der Waals surface area contributed by atoms with Crippen LogP contribution in [0.5, 0.6) is 5.75 Å². The van der Waals surface area contributed by atoms with Gasteiger partial charge >= 0.3 is 0 Å². The highest BCUT2D eigenvalue weighted by Crippen LogP contribution is 2.66. The van der Waals surface area contributed by atoms with E-state index in [2.05, 4.69) is 0 Å². The minimum atomic E-state index is -0.561. The molecular weight excluding hydrogens is 380 g/mol. The minimum absolute atomic E-state index is 0.0461. The Kier molecular flexibility index (Phi) is 3.99. The van der Waals surface area contributed by atoms with Crippen LogP contribution >= 0.6 is 11.6 Å². The molecule has 3 fully saturated rings. The molecule has 6 nitrogen and oxygen atoms in total. The van der Waals surface area contributed by atoms with Gasteiger partial charge in [-0.15, -0.1) is 0 Å². The van der Waals surface area contributed by atoms with Crippen molar-refractivity contribution < 1.29 is 19.1 Å². The lowest BCUT2D eigenvalue weighted by molar-refractivity contribution is -0.137. The van der Waals surface area contributed by atoms with Gasteiger partial charge < -0.3 is 15.4 Å². The number of likely N-dealkylation sites (tertiary alicyclic amines) is 1. The Labute approximate surface area is 168 Å². The van der Waals surface area contributed by atoms with Crippen molar-refractivity contribution in [1.82, 2.24) is 4.90 Å². The fourth-order valence-electron chi connectivity index (χ4n) is 5.72. The maximum atomic E-state index is 13.1. The number of piperidine rings is 1. The van der Waals surface area contributed by atoms with Crippen molar-refractivity contribution in [2.45, 2.75) is 37.7 Å². The van der Waals surface area contributed by atoms with Crippen molar-refractivity contribution in [1.29, 1.82) is 0 Å². The highest BCUT2D eigenvalue weighted by molar-refractivity contribution is 6.31. The molecule has 0 unspecified atom stereocenters. The van der Waals surface area contributed by atoms with E-state index in [1.54, 1.807) is 18.2 Å². The minimum Gasteiger partial charge on any atom is -0.486 e. The first-order chi connectivity index (χ1) is 13.4. The van der Waals surface area contributed by atoms with E-state index in [1.807, 2.05) is 4.90 Å². The first kappa shape index (κ1) is 18.0. The molecule has 0 aromatic heterocycles. The quantitative estimate of drug-likeness (QED) is 0.822. The van der Waals surface area contributed by atoms with E-state index in [0.717, 1.165) is 12.8 Å². The summed E-state index contributed by atoms with van der Waals surface area (Å²) in [4.78, 5) is 39.1. The van der Waals surface area contributed by atoms with Gasteiger partial charge in [0.1, 0.15) is 11.4 Å². The lowest BCUT2D eigenvalue weighted by Gasteiger charge is -2.38. The molecule has 2 saturated carbocycles. The Morgan fingerprint density at radius 2 is 1.96 bits per heavy atom. The summed E-state index contributed by atoms with van der Waals surface area (Å²) in [6.07, 6.45) is 3.31. The van der Waals surface area contributed by atoms with Crippen molar-refractivity contribution >= 4 is 29.2 Å². The molecule has 1 saturated heterocycles. The van der Waals surface area contributed by atoms with Gasteiger partial charge in [-0.1, -0.05) is 11.6 Å². The van der Waals surface area contributed by atoms with Gasteiger partial charge in [0.15, 0.2) is 5.78 Å². The number of halogens is 1. The number of nitrogens with zero attached hydrogens (tertiary/aromatic N) is 1. The molecule has 2 N–H and O–H groups in total. The van der Waals surface area contributed by atoms with Crippen molar-refractivity contribution in [3.8, 4) is 5.75 Å². The van der Waals surface area contributed by atoms with E-state index in [9.17, 15) is 14.4 Å². The van der Waals surface area contributed by atoms with Crippen LogP contribution in [-0.4, -0.2) is 41.2 Å². The molecule has 4 aliphatic rings. The molecule has 2 amide bonds. The predicted octanol–water partition coefficient (Wildman–Crippen LogP) is 2.42. The lowest BCUT2D eigenvalue weighted by atomic mass is 9.84. The van der Waals surface area contributed by atoms with Crippen LogP contribution in [0.3, 0.4) is 0 Å². The molecule has 2 heterocycles. The van der Waals surface area contributed by atoms with E-state index >= 15 is 0 Å². The Hall–Kier alpha value is -2.08. The highest BCUT2D eigenvalue weighted by Gasteiger charge is 2.71. The summed E-state index contributed by atoms with van der Waals surface area (Å²) in [7, 11) is 0. The Bertz CT molecular complexity index is 879. The SMILES string of the molecule is NC(=O)C1CCN(C(=O)[C@@H]2[C@H]3CC[C@@]4(CC(=O)c5cc(Cl)ccc5O4)[C@H]32)CC1. The third-order valence-electron chi connectivity index (χ3n) is 7.19. The van der Waals surface area contributed by atoms with Gasteiger partial charge in [0.25, 0.3) is 0 Å². The van der Waals surface area contributed by atoms with Gasteiger partial charge in [0.2, 0.25) is 11.8 Å². The topological polar surface area (TPSA) is 89.7 Å². The summed E-state index contributed by atoms with van der Waals surface area (Å²) >= 11 is 6.02. The molecule has 28 heavy (non-hydrogen) atoms. The molecule has 1 spiro atoms. The third-order valence-corrected chi connectivity index (χ3v) is 7.42. The summed E-state index contributed by atoms with van der Waals surface area (Å²) in [5, 5.41) is 0.523. The zero-order chi connectivity index (χ0) is 19.6. The fraction of sp³-hybridized carbons (Fsp3) is 0.571. The molecule has 1 aromatic rings. The molecule has 5 rings (SSSR count). The largest absolute Gasteiger partial charge is 0.486 e. The number of ether oxygens (including phenoxy) is 1. The van der Waals surface area contributed by atoms with E-state index < -0.39 is 5.60 Å². The zero-order valence-corrected chi connectivity index (χ0v) is 16.3. The number of carbonyl (C=O) groups excluding carboxylic acids is 3. The maximum absolute atomic E-state index is 13.1. The van der Waals surface area contributed by atoms with Crippen LogP contribution in [0, 0.1) is 23.7 Å². The summed E-state index contributed by atoms with van der Waals surface area (Å²) < 4.78 is 6.36. The second-order valence-corrected chi connectivity index (χ2v) is 9.10. The van der Waals surface area contributed by atoms with Crippen LogP contribution in [-0.2, 0) is 9.59 Å². The molecule has 148 valence electrons. The molecule has 4 atom stereocenters. The summed E-state index contributed by atoms with van der Waals surface area (Å²) in [6, 6.07) is 5.16. The van der Waals surface area contributed by atoms with Crippen molar-refractivity contribution in [2.75, 3.05) is 13.1 Å². The van der Waals surface area contributed by atoms with E-state index in [4.69, 9.17) is 22.1 Å². The maximum Gasteiger partial charge on any atom is 0.226 e. The lowest BCUT2D eigenvalue weighted by Crippen LogP contribution is -2.46. The van der Waals surface area contributed by atoms with Crippen LogP contribution in [0.1, 0.15) is 42.5 Å². The monoisotopic (exact) mass is 402 g/mol. The number of amides is 2. The molecule has 7 heteroatoms. The molecule has 1 aromatic carbocycles. The Morgan fingerprint density at radius 3 is 2.68 bits per heavy atom. The van der Waals surface area contributed by atoms with Crippen molar-refractivity contribution in [3.63, 3.8) is 0 Å². The van der Waals surface area contributed by atoms with Crippen molar-refractivity contribution in [2.24, 2.45) is 29.4 Å². The number of rotatable bonds is 2. The third kappa shape index (κ3) is 2.65. The molecule has 2 aliphatic carbocycles. The van der Waals surface area contributed by atoms with Gasteiger partial charge in [0, 0.05) is 35.9 Å². The van der Waals surface area contributed by atoms with Gasteiger partial charge in [-0.2, -0.15) is 0 Å². The number of Topliss-reactive ketones (excluding diaryl/α,β-unsaturated/α-hetero) is 1. The number of hydrogen-bond acceptors (Lipinski definition) is 4. The van der Waals surface area contributed by atoms with Gasteiger partial charge in [-0.05, 0) is 49.8 Å². The van der Waals surface area contributed by atoms with Gasteiger partial charge in [0.05, 0.1) is 12.0 Å². The zero-order valence-electron chi connectivity index (χ0n) is 15.5. The average Bonchev–Trinajstić information content (AvgIpc) is 3.32. The van der Waals surface area contributed by atoms with E-state index in [0.29, 0.717) is 54.6 Å². The van der Waals surface area contributed by atoms with Crippen molar-refractivity contribution in [3.05, 3.63) is 28.8 Å². The Morgan fingerprint density at radius 1 is 1.21 bits per heavy atom. The summed E-state index contributed by atoms with van der Waals surface area (Å²) in [5.41, 5.74) is 5.37. The van der Waals surface area contributed by atoms with Crippen LogP contribution < -0.4 is 10.5 Å². The number of carbonyl (C=O) groups is 3. The van der Waals surface area contributed by atoms with Crippen LogP contribution in [0.15, 0.2) is 18.2 Å². The fourth-order valence-corrected chi connectivity index (χ4v) is 5.89. The number of nitrogens with two attached hydrogens (primary N) is 1. The van der Waals surface area contributed by atoms with E-state index in [-0.39, 0.29) is 35.4 Å². The number of primary amides is 1. The second-order valence-electron chi connectivity index (χ2n) is 8.66. The van der Waals surface area contributed by atoms with Crippen LogP contribution in [0.25, 0.3) is 0 Å². The number of hydrogen-bond donors (Lipinski definition) is 1. The first-order valence-electron chi connectivity index (χ1n) is 9.99. The predicted molar refractivity (Wildman–Crippen MR) is 102 cm³/mol. The molecule has 0 bridgehead atoms. The molecule has 2 aliphatic heterocycles. The van der Waals surface area contributed by atoms with Crippen LogP contribution in [0.4, 0.5) is 0 Å². The van der Waals surface area contributed by atoms with Gasteiger partial charge in [-0.25, -0.2) is 0 Å². The normalized spacial score (nSPS) is 34.0. The summed E-state index contributed by atoms with van der Waals surface area (Å²) in [5.74, 6) is 0.700. The Balaban J connectivity index is 1.32. The first-order valence-corrected chi connectivity index (χ1v) is 10.4. The molecule has 0 radical (unpaired) electrons. The summed E-state index contributed by atoms with van der Waals surface area (Å²) in [6.45, 7) is 1.16.